The van der Waals surface area contributed by atoms with Gasteiger partial charge in [-0.15, -0.1) is 0 Å². The quantitative estimate of drug-likeness (QED) is 0.851. The minimum atomic E-state index is -0.154. The van der Waals surface area contributed by atoms with Crippen molar-refractivity contribution in [1.82, 2.24) is 0 Å². The van der Waals surface area contributed by atoms with E-state index in [1.165, 1.54) is 0 Å². The highest BCUT2D eigenvalue weighted by Crippen LogP contribution is 2.30. The maximum absolute atomic E-state index is 12.4. The second kappa shape index (κ2) is 6.93. The summed E-state index contributed by atoms with van der Waals surface area (Å²) in [6, 6.07) is 11.4. The number of benzene rings is 2. The van der Waals surface area contributed by atoms with Gasteiger partial charge in [-0.3, -0.25) is 4.79 Å². The molecule has 3 N–H and O–H groups in total. The van der Waals surface area contributed by atoms with Crippen molar-refractivity contribution in [2.45, 2.75) is 13.8 Å². The van der Waals surface area contributed by atoms with Crippen LogP contribution in [0.25, 0.3) is 0 Å². The van der Waals surface area contributed by atoms with E-state index >= 15 is 0 Å². The van der Waals surface area contributed by atoms with Crippen molar-refractivity contribution < 1.29 is 9.53 Å². The minimum Gasteiger partial charge on any atom is -0.397 e. The van der Waals surface area contributed by atoms with Crippen LogP contribution in [-0.4, -0.2) is 32.2 Å². The lowest BCUT2D eigenvalue weighted by molar-refractivity contribution is 0.102. The molecule has 3 rings (SSSR count). The van der Waals surface area contributed by atoms with Gasteiger partial charge in [0.15, 0.2) is 0 Å². The van der Waals surface area contributed by atoms with Gasteiger partial charge in [0, 0.05) is 24.3 Å². The van der Waals surface area contributed by atoms with Crippen LogP contribution in [0.4, 0.5) is 17.1 Å². The second-order valence-electron chi connectivity index (χ2n) is 6.15. The van der Waals surface area contributed by atoms with Gasteiger partial charge in [0.2, 0.25) is 0 Å². The van der Waals surface area contributed by atoms with Crippen LogP contribution < -0.4 is 16.0 Å². The number of nitrogens with one attached hydrogen (secondary N) is 1. The Balaban J connectivity index is 1.84. The standard InChI is InChI=1S/C19H23N3O2/c1-13-3-5-15(6-4-13)19(23)21-17-12-18(14(2)11-16(17)20)22-7-9-24-10-8-22/h3-6,11-12H,7-10,20H2,1-2H3,(H,21,23). The molecule has 0 aromatic heterocycles. The molecule has 1 amide bonds. The first-order chi connectivity index (χ1) is 11.5. The van der Waals surface area contributed by atoms with Gasteiger partial charge in [-0.05, 0) is 43.7 Å². The number of carbonyl (C=O) groups is 1. The van der Waals surface area contributed by atoms with E-state index < -0.39 is 0 Å². The maximum Gasteiger partial charge on any atom is 0.255 e. The minimum absolute atomic E-state index is 0.154. The van der Waals surface area contributed by atoms with Crippen molar-refractivity contribution in [2.24, 2.45) is 0 Å². The summed E-state index contributed by atoms with van der Waals surface area (Å²) in [6.45, 7) is 7.15. The molecule has 24 heavy (non-hydrogen) atoms. The summed E-state index contributed by atoms with van der Waals surface area (Å²) in [5, 5.41) is 2.93. The van der Waals surface area contributed by atoms with E-state index in [-0.39, 0.29) is 5.91 Å². The Labute approximate surface area is 142 Å². The van der Waals surface area contributed by atoms with Crippen molar-refractivity contribution in [3.8, 4) is 0 Å². The molecule has 1 aliphatic heterocycles. The van der Waals surface area contributed by atoms with Crippen molar-refractivity contribution >= 4 is 23.0 Å². The van der Waals surface area contributed by atoms with Gasteiger partial charge in [-0.1, -0.05) is 17.7 Å². The van der Waals surface area contributed by atoms with Crippen LogP contribution in [0.1, 0.15) is 21.5 Å². The van der Waals surface area contributed by atoms with Gasteiger partial charge in [0.1, 0.15) is 0 Å². The summed E-state index contributed by atoms with van der Waals surface area (Å²) < 4.78 is 5.41. The Morgan fingerprint density at radius 1 is 1.12 bits per heavy atom. The van der Waals surface area contributed by atoms with Crippen molar-refractivity contribution in [1.29, 1.82) is 0 Å². The van der Waals surface area contributed by atoms with E-state index in [2.05, 4.69) is 10.2 Å². The second-order valence-corrected chi connectivity index (χ2v) is 6.15. The molecule has 1 heterocycles. The van der Waals surface area contributed by atoms with Gasteiger partial charge >= 0.3 is 0 Å². The molecule has 0 unspecified atom stereocenters. The number of carbonyl (C=O) groups excluding carboxylic acids is 1. The van der Waals surface area contributed by atoms with E-state index in [4.69, 9.17) is 10.5 Å². The molecule has 2 aromatic carbocycles. The number of nitrogens with zero attached hydrogens (tertiary/aromatic N) is 1. The number of amides is 1. The molecule has 0 bridgehead atoms. The summed E-state index contributed by atoms with van der Waals surface area (Å²) in [6.07, 6.45) is 0. The third-order valence-corrected chi connectivity index (χ3v) is 4.28. The average molecular weight is 325 g/mol. The molecule has 1 fully saturated rings. The molecule has 1 saturated heterocycles. The third kappa shape index (κ3) is 3.51. The first-order valence-electron chi connectivity index (χ1n) is 8.15. The third-order valence-electron chi connectivity index (χ3n) is 4.28. The number of morpholine rings is 1. The van der Waals surface area contributed by atoms with Crippen molar-refractivity contribution in [3.05, 3.63) is 53.1 Å². The Morgan fingerprint density at radius 3 is 2.46 bits per heavy atom. The number of rotatable bonds is 3. The first-order valence-corrected chi connectivity index (χ1v) is 8.15. The molecule has 0 atom stereocenters. The zero-order chi connectivity index (χ0) is 17.1. The topological polar surface area (TPSA) is 67.6 Å². The fraction of sp³-hybridized carbons (Fsp3) is 0.316. The zero-order valence-electron chi connectivity index (χ0n) is 14.1. The van der Waals surface area contributed by atoms with Crippen LogP contribution in [0, 0.1) is 13.8 Å². The summed E-state index contributed by atoms with van der Waals surface area (Å²) in [7, 11) is 0. The van der Waals surface area contributed by atoms with Crippen LogP contribution in [0.5, 0.6) is 0 Å². The molecule has 0 spiro atoms. The molecular formula is C19H23N3O2. The van der Waals surface area contributed by atoms with E-state index in [9.17, 15) is 4.79 Å². The Bertz CT molecular complexity index is 735. The van der Waals surface area contributed by atoms with E-state index in [1.807, 2.05) is 50.2 Å². The molecule has 0 aliphatic carbocycles. The van der Waals surface area contributed by atoms with Crippen molar-refractivity contribution in [3.63, 3.8) is 0 Å². The lowest BCUT2D eigenvalue weighted by atomic mass is 10.1. The van der Waals surface area contributed by atoms with Gasteiger partial charge in [-0.2, -0.15) is 0 Å². The summed E-state index contributed by atoms with van der Waals surface area (Å²) in [5.41, 5.74) is 11.3. The average Bonchev–Trinajstić information content (AvgIpc) is 2.58. The van der Waals surface area contributed by atoms with Gasteiger partial charge in [0.25, 0.3) is 5.91 Å². The van der Waals surface area contributed by atoms with Crippen LogP contribution in [0.3, 0.4) is 0 Å². The highest BCUT2D eigenvalue weighted by atomic mass is 16.5. The van der Waals surface area contributed by atoms with E-state index in [0.717, 1.165) is 43.1 Å². The number of nitrogens with two attached hydrogens (primary N) is 1. The lowest BCUT2D eigenvalue weighted by Gasteiger charge is -2.30. The predicted molar refractivity (Wildman–Crippen MR) is 97.8 cm³/mol. The normalized spacial score (nSPS) is 14.5. The smallest absolute Gasteiger partial charge is 0.255 e. The maximum atomic E-state index is 12.4. The molecule has 126 valence electrons. The number of aryl methyl sites for hydroxylation is 2. The first kappa shape index (κ1) is 16.3. The molecule has 5 heteroatoms. The Kier molecular flexibility index (Phi) is 4.71. The largest absolute Gasteiger partial charge is 0.397 e. The highest BCUT2D eigenvalue weighted by molar-refractivity contribution is 6.06. The molecular weight excluding hydrogens is 302 g/mol. The Morgan fingerprint density at radius 2 is 1.79 bits per heavy atom. The van der Waals surface area contributed by atoms with Crippen LogP contribution in [0.2, 0.25) is 0 Å². The van der Waals surface area contributed by atoms with Gasteiger partial charge in [0.05, 0.1) is 24.6 Å². The lowest BCUT2D eigenvalue weighted by Crippen LogP contribution is -2.36. The summed E-state index contributed by atoms with van der Waals surface area (Å²) in [5.74, 6) is -0.154. The monoisotopic (exact) mass is 325 g/mol. The van der Waals surface area contributed by atoms with Gasteiger partial charge < -0.3 is 20.7 Å². The Hall–Kier alpha value is -2.53. The highest BCUT2D eigenvalue weighted by Gasteiger charge is 2.16. The number of anilines is 3. The molecule has 2 aromatic rings. The fourth-order valence-corrected chi connectivity index (χ4v) is 2.87. The predicted octanol–water partition coefficient (Wildman–Crippen LogP) is 2.97. The fourth-order valence-electron chi connectivity index (χ4n) is 2.87. The van der Waals surface area contributed by atoms with Crippen molar-refractivity contribution in [2.75, 3.05) is 42.3 Å². The van der Waals surface area contributed by atoms with Crippen LogP contribution >= 0.6 is 0 Å². The summed E-state index contributed by atoms with van der Waals surface area (Å²) >= 11 is 0. The SMILES string of the molecule is Cc1ccc(C(=O)Nc2cc(N3CCOCC3)c(C)cc2N)cc1. The van der Waals surface area contributed by atoms with Gasteiger partial charge in [-0.25, -0.2) is 0 Å². The van der Waals surface area contributed by atoms with E-state index in [1.54, 1.807) is 0 Å². The molecule has 0 saturated carbocycles. The number of ether oxygens (including phenoxy) is 1. The molecule has 0 radical (unpaired) electrons. The molecule has 5 nitrogen and oxygen atoms in total. The van der Waals surface area contributed by atoms with E-state index in [0.29, 0.717) is 16.9 Å². The van der Waals surface area contributed by atoms with Crippen LogP contribution in [-0.2, 0) is 4.74 Å². The number of nitrogen functional groups attached to an aromatic ring is 1. The number of hydrogen-bond acceptors (Lipinski definition) is 4. The number of hydrogen-bond donors (Lipinski definition) is 2. The zero-order valence-corrected chi connectivity index (χ0v) is 14.1. The summed E-state index contributed by atoms with van der Waals surface area (Å²) in [4.78, 5) is 14.7. The van der Waals surface area contributed by atoms with Crippen LogP contribution in [0.15, 0.2) is 36.4 Å². The molecule has 1 aliphatic rings.